The van der Waals surface area contributed by atoms with Gasteiger partial charge in [-0.1, -0.05) is 6.07 Å². The van der Waals surface area contributed by atoms with Crippen LogP contribution >= 0.6 is 0 Å². The number of hydrogen-bond donors (Lipinski definition) is 1. The molecule has 0 amide bonds. The molecule has 3 nitrogen and oxygen atoms in total. The molecular formula is C15H23NO2. The Balaban J connectivity index is 2.08. The van der Waals surface area contributed by atoms with Gasteiger partial charge in [0, 0.05) is 12.1 Å². The Morgan fingerprint density at radius 1 is 1.44 bits per heavy atom. The molecule has 0 aromatic heterocycles. The van der Waals surface area contributed by atoms with Crippen LogP contribution in [0, 0.1) is 6.92 Å². The zero-order valence-electron chi connectivity index (χ0n) is 11.7. The molecule has 0 bridgehead atoms. The third-order valence-corrected chi connectivity index (χ3v) is 3.28. The quantitative estimate of drug-likeness (QED) is 0.893. The number of ether oxygens (including phenoxy) is 2. The van der Waals surface area contributed by atoms with Crippen molar-refractivity contribution in [3.63, 3.8) is 0 Å². The van der Waals surface area contributed by atoms with Crippen LogP contribution in [0.3, 0.4) is 0 Å². The van der Waals surface area contributed by atoms with E-state index in [0.29, 0.717) is 6.61 Å². The van der Waals surface area contributed by atoms with Crippen LogP contribution in [-0.2, 0) is 4.74 Å². The van der Waals surface area contributed by atoms with Gasteiger partial charge in [0.05, 0.1) is 19.3 Å². The van der Waals surface area contributed by atoms with Crippen molar-refractivity contribution in [1.29, 1.82) is 0 Å². The second-order valence-electron chi connectivity index (χ2n) is 5.52. The van der Waals surface area contributed by atoms with E-state index in [4.69, 9.17) is 9.47 Å². The molecule has 1 atom stereocenters. The van der Waals surface area contributed by atoms with Crippen LogP contribution in [-0.4, -0.2) is 25.3 Å². The van der Waals surface area contributed by atoms with E-state index in [2.05, 4.69) is 38.2 Å². The largest absolute Gasteiger partial charge is 0.494 e. The van der Waals surface area contributed by atoms with Gasteiger partial charge in [-0.2, -0.15) is 0 Å². The summed E-state index contributed by atoms with van der Waals surface area (Å²) in [6.45, 7) is 10.7. The Kier molecular flexibility index (Phi) is 3.93. The van der Waals surface area contributed by atoms with Gasteiger partial charge in [-0.3, -0.25) is 0 Å². The summed E-state index contributed by atoms with van der Waals surface area (Å²) in [5.74, 6) is 0.963. The number of hydrogen-bond acceptors (Lipinski definition) is 3. The summed E-state index contributed by atoms with van der Waals surface area (Å²) in [7, 11) is 0. The van der Waals surface area contributed by atoms with Crippen LogP contribution in [0.25, 0.3) is 0 Å². The van der Waals surface area contributed by atoms with E-state index >= 15 is 0 Å². The van der Waals surface area contributed by atoms with E-state index in [1.165, 1.54) is 11.1 Å². The molecule has 1 saturated heterocycles. The second kappa shape index (κ2) is 5.29. The SMILES string of the molecule is CCOc1ccc(C2CNC(C)(C)CO2)cc1C. The standard InChI is InChI=1S/C15H23NO2/c1-5-17-13-7-6-12(8-11(13)2)14-9-16-15(3,4)10-18-14/h6-8,14,16H,5,9-10H2,1-4H3. The molecule has 0 saturated carbocycles. The second-order valence-corrected chi connectivity index (χ2v) is 5.52. The van der Waals surface area contributed by atoms with Crippen molar-refractivity contribution in [2.24, 2.45) is 0 Å². The molecule has 18 heavy (non-hydrogen) atoms. The first-order valence-corrected chi connectivity index (χ1v) is 6.62. The van der Waals surface area contributed by atoms with Gasteiger partial charge in [0.2, 0.25) is 0 Å². The lowest BCUT2D eigenvalue weighted by atomic mass is 10.0. The number of nitrogens with one attached hydrogen (secondary N) is 1. The molecule has 0 spiro atoms. The Morgan fingerprint density at radius 3 is 2.78 bits per heavy atom. The lowest BCUT2D eigenvalue weighted by molar-refractivity contribution is -0.0229. The maximum absolute atomic E-state index is 5.93. The fraction of sp³-hybridized carbons (Fsp3) is 0.600. The normalized spacial score (nSPS) is 22.8. The van der Waals surface area contributed by atoms with Crippen molar-refractivity contribution in [1.82, 2.24) is 5.32 Å². The minimum Gasteiger partial charge on any atom is -0.494 e. The molecule has 100 valence electrons. The van der Waals surface area contributed by atoms with Crippen molar-refractivity contribution in [2.75, 3.05) is 19.8 Å². The van der Waals surface area contributed by atoms with E-state index in [0.717, 1.165) is 18.9 Å². The first-order chi connectivity index (χ1) is 8.52. The molecule has 1 unspecified atom stereocenters. The molecule has 1 aromatic rings. The molecule has 1 N–H and O–H groups in total. The third-order valence-electron chi connectivity index (χ3n) is 3.28. The molecule has 0 aliphatic carbocycles. The molecule has 1 aromatic carbocycles. The van der Waals surface area contributed by atoms with Gasteiger partial charge < -0.3 is 14.8 Å². The Hall–Kier alpha value is -1.06. The highest BCUT2D eigenvalue weighted by atomic mass is 16.5. The number of benzene rings is 1. The molecule has 1 fully saturated rings. The minimum atomic E-state index is 0.0802. The van der Waals surface area contributed by atoms with Crippen LogP contribution < -0.4 is 10.1 Å². The van der Waals surface area contributed by atoms with E-state index in [1.54, 1.807) is 0 Å². The highest BCUT2D eigenvalue weighted by Crippen LogP contribution is 2.27. The summed E-state index contributed by atoms with van der Waals surface area (Å²) < 4.78 is 11.5. The Bertz CT molecular complexity index is 405. The van der Waals surface area contributed by atoms with Crippen LogP contribution in [0.1, 0.15) is 38.0 Å². The van der Waals surface area contributed by atoms with Crippen molar-refractivity contribution < 1.29 is 9.47 Å². The summed E-state index contributed by atoms with van der Waals surface area (Å²) in [5.41, 5.74) is 2.47. The van der Waals surface area contributed by atoms with E-state index < -0.39 is 0 Å². The van der Waals surface area contributed by atoms with Crippen LogP contribution in [0.4, 0.5) is 0 Å². The van der Waals surface area contributed by atoms with E-state index in [-0.39, 0.29) is 11.6 Å². The van der Waals surface area contributed by atoms with Crippen molar-refractivity contribution in [3.05, 3.63) is 29.3 Å². The van der Waals surface area contributed by atoms with Crippen LogP contribution in [0.15, 0.2) is 18.2 Å². The average molecular weight is 249 g/mol. The molecule has 1 heterocycles. The third kappa shape index (κ3) is 3.03. The first-order valence-electron chi connectivity index (χ1n) is 6.62. The van der Waals surface area contributed by atoms with Gasteiger partial charge >= 0.3 is 0 Å². The van der Waals surface area contributed by atoms with Crippen molar-refractivity contribution >= 4 is 0 Å². The summed E-state index contributed by atoms with van der Waals surface area (Å²) in [5, 5.41) is 3.51. The Labute approximate surface area is 109 Å². The smallest absolute Gasteiger partial charge is 0.122 e. The predicted octanol–water partition coefficient (Wildman–Crippen LogP) is 2.83. The van der Waals surface area contributed by atoms with E-state index in [1.807, 2.05) is 13.0 Å². The van der Waals surface area contributed by atoms with Crippen molar-refractivity contribution in [3.8, 4) is 5.75 Å². The van der Waals surface area contributed by atoms with Gasteiger partial charge in [-0.05, 0) is 51.0 Å². The minimum absolute atomic E-state index is 0.0802. The Morgan fingerprint density at radius 2 is 2.22 bits per heavy atom. The van der Waals surface area contributed by atoms with E-state index in [9.17, 15) is 0 Å². The van der Waals surface area contributed by atoms with Gasteiger partial charge in [0.1, 0.15) is 5.75 Å². The highest BCUT2D eigenvalue weighted by molar-refractivity contribution is 5.37. The zero-order chi connectivity index (χ0) is 13.2. The summed E-state index contributed by atoms with van der Waals surface area (Å²) >= 11 is 0. The lowest BCUT2D eigenvalue weighted by Gasteiger charge is -2.36. The van der Waals surface area contributed by atoms with Gasteiger partial charge in [0.15, 0.2) is 0 Å². The molecule has 1 aliphatic rings. The van der Waals surface area contributed by atoms with Crippen LogP contribution in [0.2, 0.25) is 0 Å². The number of morpholine rings is 1. The maximum Gasteiger partial charge on any atom is 0.122 e. The molecular weight excluding hydrogens is 226 g/mol. The maximum atomic E-state index is 5.93. The number of aryl methyl sites for hydroxylation is 1. The average Bonchev–Trinajstić information content (AvgIpc) is 2.32. The van der Waals surface area contributed by atoms with Gasteiger partial charge in [-0.15, -0.1) is 0 Å². The molecule has 3 heteroatoms. The highest BCUT2D eigenvalue weighted by Gasteiger charge is 2.27. The number of rotatable bonds is 3. The van der Waals surface area contributed by atoms with Crippen LogP contribution in [0.5, 0.6) is 5.75 Å². The molecule has 1 aliphatic heterocycles. The molecule has 0 radical (unpaired) electrons. The predicted molar refractivity (Wildman–Crippen MR) is 73.1 cm³/mol. The zero-order valence-corrected chi connectivity index (χ0v) is 11.7. The topological polar surface area (TPSA) is 30.5 Å². The fourth-order valence-corrected chi connectivity index (χ4v) is 2.19. The van der Waals surface area contributed by atoms with Gasteiger partial charge in [-0.25, -0.2) is 0 Å². The summed E-state index contributed by atoms with van der Waals surface area (Å²) in [6, 6.07) is 6.30. The van der Waals surface area contributed by atoms with Gasteiger partial charge in [0.25, 0.3) is 0 Å². The van der Waals surface area contributed by atoms with Crippen molar-refractivity contribution in [2.45, 2.75) is 39.3 Å². The first kappa shape index (κ1) is 13.4. The summed E-state index contributed by atoms with van der Waals surface area (Å²) in [6.07, 6.45) is 0.146. The molecule has 2 rings (SSSR count). The lowest BCUT2D eigenvalue weighted by Crippen LogP contribution is -2.50. The summed E-state index contributed by atoms with van der Waals surface area (Å²) in [4.78, 5) is 0. The monoisotopic (exact) mass is 249 g/mol. The fourth-order valence-electron chi connectivity index (χ4n) is 2.19.